The van der Waals surface area contributed by atoms with Gasteiger partial charge in [-0.15, -0.1) is 0 Å². The number of halogens is 1. The van der Waals surface area contributed by atoms with Crippen LogP contribution in [0.2, 0.25) is 5.02 Å². The summed E-state index contributed by atoms with van der Waals surface area (Å²) in [4.78, 5) is 4.13. The standard InChI is InChI=1S/C15H14ClN3O2S/c1-2-19(11-13-5-3-4-8-18-13)22(20,21)15-7-6-12(10-17)9-14(15)16/h3-9H,2,11H2,1H3. The molecule has 0 spiro atoms. The highest BCUT2D eigenvalue weighted by Crippen LogP contribution is 2.26. The van der Waals surface area contributed by atoms with Gasteiger partial charge in [-0.2, -0.15) is 9.57 Å². The molecule has 0 unspecified atom stereocenters. The Morgan fingerprint density at radius 3 is 2.64 bits per heavy atom. The fraction of sp³-hybridized carbons (Fsp3) is 0.200. The van der Waals surface area contributed by atoms with Gasteiger partial charge in [0.25, 0.3) is 0 Å². The molecule has 0 fully saturated rings. The van der Waals surface area contributed by atoms with Gasteiger partial charge in [0, 0.05) is 12.7 Å². The average molecular weight is 336 g/mol. The Kier molecular flexibility index (Phi) is 5.14. The normalized spacial score (nSPS) is 11.4. The van der Waals surface area contributed by atoms with Crippen LogP contribution in [0, 0.1) is 11.3 Å². The van der Waals surface area contributed by atoms with E-state index in [0.29, 0.717) is 11.3 Å². The molecule has 2 rings (SSSR count). The fourth-order valence-electron chi connectivity index (χ4n) is 1.96. The van der Waals surface area contributed by atoms with Crippen molar-refractivity contribution < 1.29 is 8.42 Å². The van der Waals surface area contributed by atoms with E-state index in [4.69, 9.17) is 16.9 Å². The van der Waals surface area contributed by atoms with Crippen molar-refractivity contribution in [2.24, 2.45) is 0 Å². The van der Waals surface area contributed by atoms with E-state index in [-0.39, 0.29) is 23.0 Å². The predicted octanol–water partition coefficient (Wildman–Crippen LogP) is 2.82. The lowest BCUT2D eigenvalue weighted by Gasteiger charge is -2.20. The molecule has 0 N–H and O–H groups in total. The van der Waals surface area contributed by atoms with Crippen LogP contribution in [0.15, 0.2) is 47.5 Å². The third kappa shape index (κ3) is 3.45. The molecule has 0 saturated heterocycles. The SMILES string of the molecule is CCN(Cc1ccccn1)S(=O)(=O)c1ccc(C#N)cc1Cl. The molecule has 0 aliphatic carbocycles. The maximum atomic E-state index is 12.7. The Bertz CT molecular complexity index is 801. The molecular weight excluding hydrogens is 322 g/mol. The lowest BCUT2D eigenvalue weighted by molar-refractivity contribution is 0.419. The van der Waals surface area contributed by atoms with E-state index >= 15 is 0 Å². The smallest absolute Gasteiger partial charge is 0.244 e. The van der Waals surface area contributed by atoms with Gasteiger partial charge < -0.3 is 0 Å². The molecule has 7 heteroatoms. The summed E-state index contributed by atoms with van der Waals surface area (Å²) in [5.41, 5.74) is 0.967. The minimum absolute atomic E-state index is 0.00838. The van der Waals surface area contributed by atoms with E-state index in [2.05, 4.69) is 4.98 Å². The lowest BCUT2D eigenvalue weighted by atomic mass is 10.2. The van der Waals surface area contributed by atoms with Crippen LogP contribution in [-0.4, -0.2) is 24.3 Å². The number of rotatable bonds is 5. The van der Waals surface area contributed by atoms with E-state index < -0.39 is 10.0 Å². The monoisotopic (exact) mass is 335 g/mol. The first-order valence-electron chi connectivity index (χ1n) is 6.58. The first-order valence-corrected chi connectivity index (χ1v) is 8.40. The van der Waals surface area contributed by atoms with E-state index in [1.54, 1.807) is 31.3 Å². The highest BCUT2D eigenvalue weighted by atomic mass is 35.5. The van der Waals surface area contributed by atoms with Crippen molar-refractivity contribution in [2.75, 3.05) is 6.54 Å². The zero-order valence-electron chi connectivity index (χ0n) is 11.9. The lowest BCUT2D eigenvalue weighted by Crippen LogP contribution is -2.31. The van der Waals surface area contributed by atoms with E-state index in [1.807, 2.05) is 6.07 Å². The van der Waals surface area contributed by atoms with Gasteiger partial charge in [0.15, 0.2) is 0 Å². The third-order valence-corrected chi connectivity index (χ3v) is 5.50. The summed E-state index contributed by atoms with van der Waals surface area (Å²) in [5, 5.41) is 8.87. The molecule has 1 aromatic heterocycles. The molecule has 0 atom stereocenters. The molecule has 1 aromatic carbocycles. The molecule has 2 aromatic rings. The minimum atomic E-state index is -3.75. The van der Waals surface area contributed by atoms with Crippen LogP contribution < -0.4 is 0 Å². The molecule has 0 saturated carbocycles. The Morgan fingerprint density at radius 1 is 1.32 bits per heavy atom. The zero-order chi connectivity index (χ0) is 16.2. The van der Waals surface area contributed by atoms with Gasteiger partial charge in [0.1, 0.15) is 4.90 Å². The Hall–Kier alpha value is -1.94. The van der Waals surface area contributed by atoms with Crippen LogP contribution in [0.25, 0.3) is 0 Å². The summed E-state index contributed by atoms with van der Waals surface area (Å²) < 4.78 is 26.7. The van der Waals surface area contributed by atoms with Gasteiger partial charge in [0.2, 0.25) is 10.0 Å². The van der Waals surface area contributed by atoms with E-state index in [0.717, 1.165) is 0 Å². The largest absolute Gasteiger partial charge is 0.260 e. The van der Waals surface area contributed by atoms with Crippen molar-refractivity contribution in [2.45, 2.75) is 18.4 Å². The van der Waals surface area contributed by atoms with Gasteiger partial charge >= 0.3 is 0 Å². The Morgan fingerprint density at radius 2 is 2.09 bits per heavy atom. The molecule has 0 radical (unpaired) electrons. The number of nitrogens with zero attached hydrogens (tertiary/aromatic N) is 3. The number of hydrogen-bond donors (Lipinski definition) is 0. The van der Waals surface area contributed by atoms with Crippen LogP contribution in [0.4, 0.5) is 0 Å². The molecule has 0 aliphatic heterocycles. The summed E-state index contributed by atoms with van der Waals surface area (Å²) >= 11 is 6.02. The summed E-state index contributed by atoms with van der Waals surface area (Å²) in [7, 11) is -3.75. The summed E-state index contributed by atoms with van der Waals surface area (Å²) in [6.45, 7) is 2.20. The number of nitriles is 1. The number of pyridine rings is 1. The fourth-order valence-corrected chi connectivity index (χ4v) is 3.90. The summed E-state index contributed by atoms with van der Waals surface area (Å²) in [6, 6.07) is 11.4. The zero-order valence-corrected chi connectivity index (χ0v) is 13.5. The van der Waals surface area contributed by atoms with Crippen LogP contribution in [0.3, 0.4) is 0 Å². The molecule has 0 aliphatic rings. The second kappa shape index (κ2) is 6.88. The highest BCUT2D eigenvalue weighted by molar-refractivity contribution is 7.89. The van der Waals surface area contributed by atoms with E-state index in [9.17, 15) is 8.42 Å². The topological polar surface area (TPSA) is 74.1 Å². The third-order valence-electron chi connectivity index (χ3n) is 3.10. The molecule has 1 heterocycles. The summed E-state index contributed by atoms with van der Waals surface area (Å²) in [6.07, 6.45) is 1.62. The molecular formula is C15H14ClN3O2S. The minimum Gasteiger partial charge on any atom is -0.260 e. The quantitative estimate of drug-likeness (QED) is 0.842. The summed E-state index contributed by atoms with van der Waals surface area (Å²) in [5.74, 6) is 0. The maximum absolute atomic E-state index is 12.7. The van der Waals surface area contributed by atoms with Crippen molar-refractivity contribution in [3.05, 3.63) is 58.9 Å². The molecule has 22 heavy (non-hydrogen) atoms. The van der Waals surface area contributed by atoms with Crippen LogP contribution in [0.5, 0.6) is 0 Å². The van der Waals surface area contributed by atoms with Gasteiger partial charge in [-0.25, -0.2) is 8.42 Å². The van der Waals surface area contributed by atoms with Crippen LogP contribution in [-0.2, 0) is 16.6 Å². The molecule has 0 bridgehead atoms. The number of benzene rings is 1. The van der Waals surface area contributed by atoms with Crippen molar-refractivity contribution in [3.8, 4) is 6.07 Å². The average Bonchev–Trinajstić information content (AvgIpc) is 2.52. The Balaban J connectivity index is 2.37. The second-order valence-corrected chi connectivity index (χ2v) is 6.82. The Labute approximate surface area is 134 Å². The highest BCUT2D eigenvalue weighted by Gasteiger charge is 2.26. The van der Waals surface area contributed by atoms with Crippen molar-refractivity contribution in [1.29, 1.82) is 5.26 Å². The number of aromatic nitrogens is 1. The molecule has 5 nitrogen and oxygen atoms in total. The van der Waals surface area contributed by atoms with E-state index in [1.165, 1.54) is 22.5 Å². The van der Waals surface area contributed by atoms with Gasteiger partial charge in [-0.3, -0.25) is 4.98 Å². The first kappa shape index (κ1) is 16.4. The number of hydrogen-bond acceptors (Lipinski definition) is 4. The second-order valence-electron chi connectivity index (χ2n) is 4.51. The van der Waals surface area contributed by atoms with Crippen molar-refractivity contribution in [3.63, 3.8) is 0 Å². The van der Waals surface area contributed by atoms with Gasteiger partial charge in [-0.05, 0) is 30.3 Å². The van der Waals surface area contributed by atoms with Crippen LogP contribution in [0.1, 0.15) is 18.2 Å². The number of sulfonamides is 1. The maximum Gasteiger partial charge on any atom is 0.244 e. The molecule has 0 amide bonds. The molecule has 114 valence electrons. The van der Waals surface area contributed by atoms with Gasteiger partial charge in [0.05, 0.1) is 28.9 Å². The van der Waals surface area contributed by atoms with Crippen molar-refractivity contribution in [1.82, 2.24) is 9.29 Å². The first-order chi connectivity index (χ1) is 10.5. The van der Waals surface area contributed by atoms with Crippen LogP contribution >= 0.6 is 11.6 Å². The van der Waals surface area contributed by atoms with Crippen molar-refractivity contribution >= 4 is 21.6 Å². The predicted molar refractivity (Wildman–Crippen MR) is 83.7 cm³/mol. The van der Waals surface area contributed by atoms with Gasteiger partial charge in [-0.1, -0.05) is 24.6 Å².